The minimum atomic E-state index is 0.373. The average molecular weight is 173 g/mol. The highest BCUT2D eigenvalue weighted by molar-refractivity contribution is 4.65. The van der Waals surface area contributed by atoms with Crippen LogP contribution in [0.3, 0.4) is 0 Å². The zero-order valence-corrected chi connectivity index (χ0v) is 9.11. The molecular formula is C10H23NO. The molecule has 0 aromatic heterocycles. The van der Waals surface area contributed by atoms with Crippen LogP contribution in [0.4, 0.5) is 0 Å². The lowest BCUT2D eigenvalue weighted by Gasteiger charge is -2.23. The summed E-state index contributed by atoms with van der Waals surface area (Å²) in [5, 5.41) is 3.06. The fourth-order valence-corrected chi connectivity index (χ4v) is 1.28. The maximum absolute atomic E-state index is 5.60. The van der Waals surface area contributed by atoms with Crippen molar-refractivity contribution in [1.29, 1.82) is 0 Å². The van der Waals surface area contributed by atoms with Gasteiger partial charge in [-0.05, 0) is 25.8 Å². The summed E-state index contributed by atoms with van der Waals surface area (Å²) in [6.45, 7) is 10.6. The second-order valence-electron chi connectivity index (χ2n) is 4.55. The summed E-state index contributed by atoms with van der Waals surface area (Å²) < 4.78 is 5.60. The van der Waals surface area contributed by atoms with Gasteiger partial charge in [-0.15, -0.1) is 0 Å². The summed E-state index contributed by atoms with van der Waals surface area (Å²) >= 11 is 0. The van der Waals surface area contributed by atoms with Crippen LogP contribution in [-0.2, 0) is 4.74 Å². The molecule has 0 aromatic carbocycles. The van der Waals surface area contributed by atoms with E-state index in [0.29, 0.717) is 11.5 Å². The molecule has 0 spiro atoms. The van der Waals surface area contributed by atoms with Gasteiger partial charge in [-0.25, -0.2) is 0 Å². The Kier molecular flexibility index (Phi) is 5.51. The average Bonchev–Trinajstić information content (AvgIpc) is 1.84. The van der Waals surface area contributed by atoms with Crippen LogP contribution < -0.4 is 5.32 Å². The topological polar surface area (TPSA) is 21.3 Å². The molecule has 1 N–H and O–H groups in total. The van der Waals surface area contributed by atoms with Crippen LogP contribution in [0.25, 0.3) is 0 Å². The molecule has 2 nitrogen and oxygen atoms in total. The monoisotopic (exact) mass is 173 g/mol. The molecule has 0 aromatic rings. The summed E-state index contributed by atoms with van der Waals surface area (Å²) in [5.41, 5.74) is 0.374. The normalized spacial score (nSPS) is 14.8. The van der Waals surface area contributed by atoms with E-state index in [-0.39, 0.29) is 0 Å². The summed E-state index contributed by atoms with van der Waals surface area (Å²) in [6, 6.07) is 0. The van der Waals surface area contributed by atoms with Crippen molar-refractivity contribution in [1.82, 2.24) is 5.32 Å². The number of hydrogen-bond acceptors (Lipinski definition) is 2. The first-order chi connectivity index (χ1) is 5.45. The zero-order chi connectivity index (χ0) is 9.61. The maximum atomic E-state index is 5.60. The summed E-state index contributed by atoms with van der Waals surface area (Å²) in [6.07, 6.45) is 1.50. The molecule has 2 heteroatoms. The molecule has 0 saturated carbocycles. The first kappa shape index (κ1) is 11.9. The molecule has 0 aliphatic heterocycles. The van der Waals surface area contributed by atoms with Crippen LogP contribution in [0.2, 0.25) is 0 Å². The molecule has 0 rings (SSSR count). The van der Waals surface area contributed by atoms with E-state index in [0.717, 1.165) is 19.6 Å². The number of hydrogen-bond donors (Lipinski definition) is 1. The Morgan fingerprint density at radius 1 is 1.33 bits per heavy atom. The van der Waals surface area contributed by atoms with Crippen molar-refractivity contribution in [3.63, 3.8) is 0 Å². The van der Waals surface area contributed by atoms with E-state index in [4.69, 9.17) is 4.74 Å². The van der Waals surface area contributed by atoms with Gasteiger partial charge in [0.05, 0.1) is 12.7 Å². The molecule has 1 atom stereocenters. The summed E-state index contributed by atoms with van der Waals surface area (Å²) in [5.74, 6) is 0. The molecule has 74 valence electrons. The van der Waals surface area contributed by atoms with Gasteiger partial charge in [-0.3, -0.25) is 0 Å². The fourth-order valence-electron chi connectivity index (χ4n) is 1.28. The van der Waals surface area contributed by atoms with E-state index in [1.165, 1.54) is 0 Å². The standard InChI is InChI=1S/C10H23NO/c1-9(8-10(2,3)4)12-7-6-11-5/h9,11H,6-8H2,1-5H3. The van der Waals surface area contributed by atoms with E-state index in [9.17, 15) is 0 Å². The fraction of sp³-hybridized carbons (Fsp3) is 1.00. The van der Waals surface area contributed by atoms with Gasteiger partial charge in [0, 0.05) is 6.54 Å². The highest BCUT2D eigenvalue weighted by Crippen LogP contribution is 2.21. The van der Waals surface area contributed by atoms with Crippen molar-refractivity contribution < 1.29 is 4.74 Å². The quantitative estimate of drug-likeness (QED) is 0.642. The minimum Gasteiger partial charge on any atom is -0.377 e. The second-order valence-corrected chi connectivity index (χ2v) is 4.55. The third kappa shape index (κ3) is 8.02. The number of ether oxygens (including phenoxy) is 1. The molecule has 0 aliphatic rings. The van der Waals surface area contributed by atoms with Crippen molar-refractivity contribution in [3.05, 3.63) is 0 Å². The molecule has 1 unspecified atom stereocenters. The molecule has 0 saturated heterocycles. The van der Waals surface area contributed by atoms with Gasteiger partial charge in [0.15, 0.2) is 0 Å². The van der Waals surface area contributed by atoms with Crippen LogP contribution in [-0.4, -0.2) is 26.3 Å². The van der Waals surface area contributed by atoms with Crippen LogP contribution in [0.15, 0.2) is 0 Å². The van der Waals surface area contributed by atoms with Crippen molar-refractivity contribution in [2.45, 2.75) is 40.2 Å². The lowest BCUT2D eigenvalue weighted by atomic mass is 9.90. The number of likely N-dealkylation sites (N-methyl/N-ethyl adjacent to an activating group) is 1. The van der Waals surface area contributed by atoms with Crippen molar-refractivity contribution >= 4 is 0 Å². The lowest BCUT2D eigenvalue weighted by molar-refractivity contribution is 0.0407. The summed E-state index contributed by atoms with van der Waals surface area (Å²) in [7, 11) is 1.94. The van der Waals surface area contributed by atoms with Crippen LogP contribution in [0, 0.1) is 5.41 Å². The van der Waals surface area contributed by atoms with Gasteiger partial charge >= 0.3 is 0 Å². The van der Waals surface area contributed by atoms with Crippen LogP contribution in [0.1, 0.15) is 34.1 Å². The zero-order valence-electron chi connectivity index (χ0n) is 9.11. The number of rotatable bonds is 5. The molecule has 12 heavy (non-hydrogen) atoms. The largest absolute Gasteiger partial charge is 0.377 e. The van der Waals surface area contributed by atoms with Gasteiger partial charge in [0.25, 0.3) is 0 Å². The Bertz CT molecular complexity index is 107. The molecule has 0 heterocycles. The predicted octanol–water partition coefficient (Wildman–Crippen LogP) is 2.05. The van der Waals surface area contributed by atoms with Gasteiger partial charge < -0.3 is 10.1 Å². The Hall–Kier alpha value is -0.0800. The Labute approximate surface area is 76.7 Å². The van der Waals surface area contributed by atoms with Crippen molar-refractivity contribution in [2.75, 3.05) is 20.2 Å². The number of nitrogens with one attached hydrogen (secondary N) is 1. The Balaban J connectivity index is 3.40. The lowest BCUT2D eigenvalue weighted by Crippen LogP contribution is -2.22. The van der Waals surface area contributed by atoms with Crippen molar-refractivity contribution in [3.8, 4) is 0 Å². The molecule has 0 bridgehead atoms. The van der Waals surface area contributed by atoms with Gasteiger partial charge in [0.1, 0.15) is 0 Å². The minimum absolute atomic E-state index is 0.373. The van der Waals surface area contributed by atoms with E-state index in [1.807, 2.05) is 7.05 Å². The third-order valence-electron chi connectivity index (χ3n) is 1.65. The van der Waals surface area contributed by atoms with E-state index in [1.54, 1.807) is 0 Å². The van der Waals surface area contributed by atoms with Gasteiger partial charge in [0.2, 0.25) is 0 Å². The predicted molar refractivity (Wildman–Crippen MR) is 53.4 cm³/mol. The maximum Gasteiger partial charge on any atom is 0.0594 e. The molecule has 0 amide bonds. The molecule has 0 aliphatic carbocycles. The Morgan fingerprint density at radius 2 is 1.92 bits per heavy atom. The second kappa shape index (κ2) is 5.55. The highest BCUT2D eigenvalue weighted by Gasteiger charge is 2.14. The highest BCUT2D eigenvalue weighted by atomic mass is 16.5. The van der Waals surface area contributed by atoms with Gasteiger partial charge in [-0.1, -0.05) is 20.8 Å². The summed E-state index contributed by atoms with van der Waals surface area (Å²) in [4.78, 5) is 0. The first-order valence-electron chi connectivity index (χ1n) is 4.72. The Morgan fingerprint density at radius 3 is 2.33 bits per heavy atom. The SMILES string of the molecule is CNCCOC(C)CC(C)(C)C. The van der Waals surface area contributed by atoms with Crippen LogP contribution in [0.5, 0.6) is 0 Å². The van der Waals surface area contributed by atoms with Crippen LogP contribution >= 0.6 is 0 Å². The van der Waals surface area contributed by atoms with Gasteiger partial charge in [-0.2, -0.15) is 0 Å². The van der Waals surface area contributed by atoms with Crippen molar-refractivity contribution in [2.24, 2.45) is 5.41 Å². The third-order valence-corrected chi connectivity index (χ3v) is 1.65. The van der Waals surface area contributed by atoms with E-state index >= 15 is 0 Å². The smallest absolute Gasteiger partial charge is 0.0594 e. The van der Waals surface area contributed by atoms with E-state index in [2.05, 4.69) is 33.0 Å². The van der Waals surface area contributed by atoms with E-state index < -0.39 is 0 Å². The molecule has 0 radical (unpaired) electrons. The molecule has 0 fully saturated rings. The molecular weight excluding hydrogens is 150 g/mol. The first-order valence-corrected chi connectivity index (χ1v) is 4.72.